The van der Waals surface area contributed by atoms with Crippen LogP contribution in [-0.2, 0) is 4.74 Å². The summed E-state index contributed by atoms with van der Waals surface area (Å²) in [5.74, 6) is -1.66. The van der Waals surface area contributed by atoms with Gasteiger partial charge in [-0.25, -0.2) is 4.39 Å². The first-order chi connectivity index (χ1) is 13.9. The molecule has 0 radical (unpaired) electrons. The van der Waals surface area contributed by atoms with Crippen molar-refractivity contribution in [1.82, 2.24) is 0 Å². The third-order valence-electron chi connectivity index (χ3n) is 4.50. The second kappa shape index (κ2) is 8.70. The van der Waals surface area contributed by atoms with E-state index in [4.69, 9.17) is 9.47 Å². The van der Waals surface area contributed by atoms with Crippen molar-refractivity contribution >= 4 is 23.2 Å². The number of ether oxygens (including phenoxy) is 2. The van der Waals surface area contributed by atoms with Gasteiger partial charge in [0.15, 0.2) is 11.5 Å². The zero-order chi connectivity index (χ0) is 21.0. The normalized spacial score (nSPS) is 14.2. The summed E-state index contributed by atoms with van der Waals surface area (Å²) in [6.07, 6.45) is 2.52. The summed E-state index contributed by atoms with van der Waals surface area (Å²) in [5.41, 5.74) is 0.297. The van der Waals surface area contributed by atoms with Crippen LogP contribution in [-0.4, -0.2) is 49.2 Å². The van der Waals surface area contributed by atoms with Crippen LogP contribution in [0.1, 0.15) is 15.9 Å². The van der Waals surface area contributed by atoms with Gasteiger partial charge in [0.25, 0.3) is 0 Å². The average molecular weight is 402 g/mol. The maximum absolute atomic E-state index is 14.5. The van der Waals surface area contributed by atoms with Gasteiger partial charge in [-0.2, -0.15) is 0 Å². The number of hydrogen-bond acceptors (Lipinski definition) is 7. The Kier molecular flexibility index (Phi) is 6.08. The van der Waals surface area contributed by atoms with E-state index in [1.54, 1.807) is 6.07 Å². The van der Waals surface area contributed by atoms with E-state index in [0.717, 1.165) is 12.1 Å². The van der Waals surface area contributed by atoms with Crippen LogP contribution in [0.3, 0.4) is 0 Å². The lowest BCUT2D eigenvalue weighted by Crippen LogP contribution is -2.36. The first-order valence-corrected chi connectivity index (χ1v) is 8.80. The van der Waals surface area contributed by atoms with Gasteiger partial charge in [-0.3, -0.25) is 14.9 Å². The number of nitro benzene ring substituents is 1. The molecule has 0 amide bonds. The third-order valence-corrected chi connectivity index (χ3v) is 4.50. The maximum Gasteiger partial charge on any atom is 0.315 e. The minimum atomic E-state index is -0.753. The number of carbonyl (C=O) groups is 1. The van der Waals surface area contributed by atoms with Gasteiger partial charge in [0, 0.05) is 24.7 Å². The Morgan fingerprint density at radius 3 is 2.66 bits per heavy atom. The molecule has 0 atom stereocenters. The van der Waals surface area contributed by atoms with Crippen LogP contribution in [0.15, 0.2) is 36.4 Å². The smallest absolute Gasteiger partial charge is 0.315 e. The fraction of sp³-hybridized carbons (Fsp3) is 0.250. The molecule has 1 aliphatic rings. The molecule has 0 aliphatic carbocycles. The molecule has 1 heterocycles. The van der Waals surface area contributed by atoms with Gasteiger partial charge < -0.3 is 19.5 Å². The summed E-state index contributed by atoms with van der Waals surface area (Å²) in [4.78, 5) is 24.5. The first kappa shape index (κ1) is 20.3. The van der Waals surface area contributed by atoms with E-state index < -0.39 is 28.0 Å². The number of anilines is 1. The quantitative estimate of drug-likeness (QED) is 0.343. The summed E-state index contributed by atoms with van der Waals surface area (Å²) in [6.45, 7) is 2.19. The Morgan fingerprint density at radius 2 is 2.03 bits per heavy atom. The number of allylic oxidation sites excluding steroid dienone is 1. The number of benzene rings is 2. The highest BCUT2D eigenvalue weighted by Crippen LogP contribution is 2.37. The average Bonchev–Trinajstić information content (AvgIpc) is 2.73. The second-order valence-corrected chi connectivity index (χ2v) is 6.31. The number of hydrogen-bond donors (Lipinski definition) is 1. The molecular weight excluding hydrogens is 383 g/mol. The first-order valence-electron chi connectivity index (χ1n) is 8.80. The number of methoxy groups -OCH3 is 1. The van der Waals surface area contributed by atoms with Crippen LogP contribution in [0.5, 0.6) is 11.5 Å². The monoisotopic (exact) mass is 402 g/mol. The molecule has 9 heteroatoms. The standard InChI is InChI=1S/C20H19FN2O6/c1-28-19-11-13(10-17(20(19)25)23(26)27)2-5-18(24)14-3-4-16(15(21)12-14)22-6-8-29-9-7-22/h2-5,10-12,25H,6-9H2,1H3/b5-2+. The van der Waals surface area contributed by atoms with Gasteiger partial charge in [0.2, 0.25) is 5.75 Å². The summed E-state index contributed by atoms with van der Waals surface area (Å²) < 4.78 is 24.6. The highest BCUT2D eigenvalue weighted by molar-refractivity contribution is 6.07. The number of ketones is 1. The van der Waals surface area contributed by atoms with Crippen LogP contribution in [0.4, 0.5) is 15.8 Å². The predicted octanol–water partition coefficient (Wildman–Crippen LogP) is 3.18. The minimum absolute atomic E-state index is 0.0905. The lowest BCUT2D eigenvalue weighted by Gasteiger charge is -2.29. The lowest BCUT2D eigenvalue weighted by atomic mass is 10.1. The molecule has 0 saturated carbocycles. The van der Waals surface area contributed by atoms with Crippen LogP contribution in [0, 0.1) is 15.9 Å². The van der Waals surface area contributed by atoms with Crippen molar-refractivity contribution in [3.63, 3.8) is 0 Å². The number of morpholine rings is 1. The van der Waals surface area contributed by atoms with E-state index in [1.807, 2.05) is 4.90 Å². The summed E-state index contributed by atoms with van der Waals surface area (Å²) in [5, 5.41) is 20.8. The summed E-state index contributed by atoms with van der Waals surface area (Å²) >= 11 is 0. The van der Waals surface area contributed by atoms with E-state index in [1.165, 1.54) is 31.4 Å². The van der Waals surface area contributed by atoms with Crippen molar-refractivity contribution in [3.05, 3.63) is 63.5 Å². The van der Waals surface area contributed by atoms with Crippen molar-refractivity contribution in [2.45, 2.75) is 0 Å². The fourth-order valence-electron chi connectivity index (χ4n) is 2.99. The lowest BCUT2D eigenvalue weighted by molar-refractivity contribution is -0.386. The number of phenols is 1. The molecule has 0 unspecified atom stereocenters. The van der Waals surface area contributed by atoms with E-state index in [9.17, 15) is 24.4 Å². The Bertz CT molecular complexity index is 970. The van der Waals surface area contributed by atoms with Gasteiger partial charge in [0.1, 0.15) is 5.82 Å². The van der Waals surface area contributed by atoms with Gasteiger partial charge in [-0.1, -0.05) is 6.08 Å². The molecule has 1 fully saturated rings. The molecule has 1 saturated heterocycles. The van der Waals surface area contributed by atoms with Gasteiger partial charge in [-0.15, -0.1) is 0 Å². The molecular formula is C20H19FN2O6. The highest BCUT2D eigenvalue weighted by atomic mass is 19.1. The SMILES string of the molecule is COc1cc(/C=C/C(=O)c2ccc(N3CCOCC3)c(F)c2)cc([N+](=O)[O-])c1O. The van der Waals surface area contributed by atoms with Crippen molar-refractivity contribution in [2.24, 2.45) is 0 Å². The van der Waals surface area contributed by atoms with Crippen molar-refractivity contribution in [3.8, 4) is 11.5 Å². The molecule has 2 aromatic carbocycles. The maximum atomic E-state index is 14.5. The molecule has 29 heavy (non-hydrogen) atoms. The Morgan fingerprint density at radius 1 is 1.31 bits per heavy atom. The van der Waals surface area contributed by atoms with Gasteiger partial charge in [0.05, 0.1) is 30.9 Å². The van der Waals surface area contributed by atoms with Crippen LogP contribution in [0.2, 0.25) is 0 Å². The number of halogens is 1. The number of carbonyl (C=O) groups excluding carboxylic acids is 1. The molecule has 0 spiro atoms. The fourth-order valence-corrected chi connectivity index (χ4v) is 2.99. The molecule has 8 nitrogen and oxygen atoms in total. The molecule has 0 bridgehead atoms. The molecule has 0 aromatic heterocycles. The topological polar surface area (TPSA) is 102 Å². The number of phenolic OH excluding ortho intramolecular Hbond substituents is 1. The molecule has 1 aliphatic heterocycles. The van der Waals surface area contributed by atoms with E-state index in [2.05, 4.69) is 0 Å². The number of rotatable bonds is 6. The van der Waals surface area contributed by atoms with E-state index in [-0.39, 0.29) is 16.9 Å². The Balaban J connectivity index is 1.81. The van der Waals surface area contributed by atoms with Crippen LogP contribution >= 0.6 is 0 Å². The van der Waals surface area contributed by atoms with Crippen LogP contribution < -0.4 is 9.64 Å². The number of aromatic hydroxyl groups is 1. The second-order valence-electron chi connectivity index (χ2n) is 6.31. The molecule has 1 N–H and O–H groups in total. The Hall–Kier alpha value is -3.46. The van der Waals surface area contributed by atoms with Crippen molar-refractivity contribution in [1.29, 1.82) is 0 Å². The zero-order valence-corrected chi connectivity index (χ0v) is 15.6. The predicted molar refractivity (Wildman–Crippen MR) is 104 cm³/mol. The summed E-state index contributed by atoms with van der Waals surface area (Å²) in [7, 11) is 1.26. The van der Waals surface area contributed by atoms with Gasteiger partial charge in [-0.05, 0) is 35.9 Å². The van der Waals surface area contributed by atoms with Gasteiger partial charge >= 0.3 is 5.69 Å². The minimum Gasteiger partial charge on any atom is -0.500 e. The third kappa shape index (κ3) is 4.52. The molecule has 2 aromatic rings. The number of nitro groups is 1. The molecule has 152 valence electrons. The Labute approximate surface area is 165 Å². The largest absolute Gasteiger partial charge is 0.500 e. The molecule has 3 rings (SSSR count). The van der Waals surface area contributed by atoms with Crippen LogP contribution in [0.25, 0.3) is 6.08 Å². The van der Waals surface area contributed by atoms with Crippen molar-refractivity contribution < 1.29 is 28.7 Å². The zero-order valence-electron chi connectivity index (χ0n) is 15.6. The number of nitrogens with zero attached hydrogens (tertiary/aromatic N) is 2. The highest BCUT2D eigenvalue weighted by Gasteiger charge is 2.19. The van der Waals surface area contributed by atoms with E-state index >= 15 is 0 Å². The van der Waals surface area contributed by atoms with Crippen molar-refractivity contribution in [2.75, 3.05) is 38.3 Å². The summed E-state index contributed by atoms with van der Waals surface area (Å²) in [6, 6.07) is 6.71. The van der Waals surface area contributed by atoms with E-state index in [0.29, 0.717) is 32.0 Å².